The molecule has 4 nitrogen and oxygen atoms in total. The lowest BCUT2D eigenvalue weighted by Crippen LogP contribution is -2.11. The summed E-state index contributed by atoms with van der Waals surface area (Å²) in [6.07, 6.45) is 0. The summed E-state index contributed by atoms with van der Waals surface area (Å²) in [5.41, 5.74) is 5.94. The van der Waals surface area contributed by atoms with Crippen LogP contribution in [0.3, 0.4) is 0 Å². The van der Waals surface area contributed by atoms with Crippen LogP contribution in [0.2, 0.25) is 0 Å². The molecule has 4 heteroatoms. The highest BCUT2D eigenvalue weighted by Gasteiger charge is 2.08. The van der Waals surface area contributed by atoms with Crippen LogP contribution in [0.5, 0.6) is 0 Å². The molecular weight excluding hydrogens is 440 g/mol. The van der Waals surface area contributed by atoms with Crippen molar-refractivity contribution in [3.05, 3.63) is 129 Å². The van der Waals surface area contributed by atoms with E-state index in [1.165, 1.54) is 5.57 Å². The molecule has 0 atom stereocenters. The number of nitriles is 2. The Morgan fingerprint density at radius 1 is 0.500 bits per heavy atom. The lowest BCUT2D eigenvalue weighted by Gasteiger charge is -2.16. The number of hydrogen-bond acceptors (Lipinski definition) is 4. The maximum Gasteiger partial charge on any atom is 0.136 e. The third-order valence-electron chi connectivity index (χ3n) is 6.25. The highest BCUT2D eigenvalue weighted by Crippen LogP contribution is 2.25. The van der Waals surface area contributed by atoms with Crippen molar-refractivity contribution in [1.29, 1.82) is 10.5 Å². The monoisotopic (exact) mass is 468 g/mol. The minimum atomic E-state index is 0.122. The van der Waals surface area contributed by atoms with Gasteiger partial charge in [-0.05, 0) is 56.6 Å². The van der Waals surface area contributed by atoms with Crippen molar-refractivity contribution in [1.82, 2.24) is 0 Å². The second-order valence-corrected chi connectivity index (χ2v) is 9.01. The third kappa shape index (κ3) is 5.14. The van der Waals surface area contributed by atoms with E-state index in [1.807, 2.05) is 64.6 Å². The quantitative estimate of drug-likeness (QED) is 0.441. The van der Waals surface area contributed by atoms with Crippen LogP contribution in [-0.4, -0.2) is 28.2 Å². The third-order valence-corrected chi connectivity index (χ3v) is 6.25. The molecule has 36 heavy (non-hydrogen) atoms. The van der Waals surface area contributed by atoms with Gasteiger partial charge in [0, 0.05) is 44.8 Å². The largest absolute Gasteiger partial charge is 0.378 e. The highest BCUT2D eigenvalue weighted by atomic mass is 15.1. The van der Waals surface area contributed by atoms with Gasteiger partial charge in [-0.3, -0.25) is 0 Å². The van der Waals surface area contributed by atoms with Gasteiger partial charge in [0.15, 0.2) is 0 Å². The Hall–Kier alpha value is -4.80. The zero-order valence-electron chi connectivity index (χ0n) is 21.0. The Kier molecular flexibility index (Phi) is 7.19. The fourth-order valence-electron chi connectivity index (χ4n) is 4.17. The summed E-state index contributed by atoms with van der Waals surface area (Å²) < 4.78 is 0. The summed E-state index contributed by atoms with van der Waals surface area (Å²) in [6.45, 7) is 0. The van der Waals surface area contributed by atoms with Gasteiger partial charge in [-0.15, -0.1) is 0 Å². The molecule has 0 heterocycles. The fraction of sp³-hybridized carbons (Fsp3) is 0.125. The van der Waals surface area contributed by atoms with E-state index in [4.69, 9.17) is 10.5 Å². The summed E-state index contributed by atoms with van der Waals surface area (Å²) >= 11 is 0. The maximum atomic E-state index is 9.10. The van der Waals surface area contributed by atoms with Crippen LogP contribution in [0.1, 0.15) is 11.1 Å². The van der Waals surface area contributed by atoms with Gasteiger partial charge in [0.1, 0.15) is 17.7 Å². The van der Waals surface area contributed by atoms with Gasteiger partial charge in [-0.25, -0.2) is 0 Å². The smallest absolute Gasteiger partial charge is 0.136 e. The summed E-state index contributed by atoms with van der Waals surface area (Å²) in [5, 5.41) is 22.1. The van der Waals surface area contributed by atoms with Crippen LogP contribution in [0, 0.1) is 33.1 Å². The van der Waals surface area contributed by atoms with Gasteiger partial charge in [0.2, 0.25) is 0 Å². The predicted molar refractivity (Wildman–Crippen MR) is 148 cm³/mol. The summed E-state index contributed by atoms with van der Waals surface area (Å²) in [6, 6.07) is 37.3. The summed E-state index contributed by atoms with van der Waals surface area (Å²) in [5.74, 6) is 0. The molecule has 0 aliphatic rings. The average Bonchev–Trinajstić information content (AvgIpc) is 2.91. The van der Waals surface area contributed by atoms with E-state index in [2.05, 4.69) is 82.6 Å². The van der Waals surface area contributed by atoms with Gasteiger partial charge in [0.05, 0.1) is 0 Å². The molecule has 0 bridgehead atoms. The molecule has 0 amide bonds. The first-order valence-corrected chi connectivity index (χ1v) is 11.7. The fourth-order valence-corrected chi connectivity index (χ4v) is 4.17. The molecule has 0 saturated carbocycles. The van der Waals surface area contributed by atoms with Crippen LogP contribution in [-0.2, 0) is 0 Å². The van der Waals surface area contributed by atoms with E-state index < -0.39 is 0 Å². The zero-order valence-corrected chi connectivity index (χ0v) is 21.0. The van der Waals surface area contributed by atoms with E-state index in [1.54, 1.807) is 0 Å². The number of anilines is 2. The average molecular weight is 469 g/mol. The highest BCUT2D eigenvalue weighted by molar-refractivity contribution is 5.80. The molecule has 176 valence electrons. The Balaban J connectivity index is 1.90. The summed E-state index contributed by atoms with van der Waals surface area (Å²) in [7, 11) is 8.18. The Labute approximate surface area is 212 Å². The van der Waals surface area contributed by atoms with Crippen LogP contribution in [0.15, 0.2) is 97.1 Å². The minimum Gasteiger partial charge on any atom is -0.378 e. The van der Waals surface area contributed by atoms with Crippen LogP contribution in [0.4, 0.5) is 11.4 Å². The zero-order chi connectivity index (χ0) is 25.7. The Morgan fingerprint density at radius 2 is 0.861 bits per heavy atom. The van der Waals surface area contributed by atoms with E-state index in [9.17, 15) is 0 Å². The minimum absolute atomic E-state index is 0.122. The molecule has 0 unspecified atom stereocenters. The van der Waals surface area contributed by atoms with E-state index in [-0.39, 0.29) is 5.57 Å². The Bertz CT molecular complexity index is 1570. The van der Waals surface area contributed by atoms with Crippen molar-refractivity contribution in [3.8, 4) is 12.1 Å². The van der Waals surface area contributed by atoms with Crippen molar-refractivity contribution in [3.63, 3.8) is 0 Å². The molecule has 0 radical (unpaired) electrons. The van der Waals surface area contributed by atoms with E-state index >= 15 is 0 Å². The topological polar surface area (TPSA) is 54.1 Å². The van der Waals surface area contributed by atoms with Crippen LogP contribution < -0.4 is 20.2 Å². The molecule has 0 fully saturated rings. The van der Waals surface area contributed by atoms with Gasteiger partial charge in [-0.1, -0.05) is 72.8 Å². The number of rotatable bonds is 4. The molecule has 0 aliphatic carbocycles. The second kappa shape index (κ2) is 10.6. The van der Waals surface area contributed by atoms with Crippen molar-refractivity contribution >= 4 is 22.5 Å². The van der Waals surface area contributed by atoms with Gasteiger partial charge in [-0.2, -0.15) is 10.5 Å². The Morgan fingerprint density at radius 3 is 1.19 bits per heavy atom. The molecule has 0 N–H and O–H groups in total. The predicted octanol–water partition coefficient (Wildman–Crippen LogP) is 4.55. The van der Waals surface area contributed by atoms with Crippen molar-refractivity contribution < 1.29 is 0 Å². The number of nitrogens with zero attached hydrogens (tertiary/aromatic N) is 4. The lowest BCUT2D eigenvalue weighted by molar-refractivity contribution is 1.13. The molecule has 0 saturated heterocycles. The first-order chi connectivity index (χ1) is 17.4. The molecule has 4 aromatic rings. The van der Waals surface area contributed by atoms with Gasteiger partial charge >= 0.3 is 0 Å². The standard InChI is InChI=1S/C32H28N4/c1-35(2)30-17-13-27(14-18-30)32(28-15-19-31(20-16-28)36(3)4)26-11-9-24(10-12-26)23-5-7-25(8-6-23)29(21-33)22-34/h5-20H,1-4H3. The number of hydrogen-bond donors (Lipinski definition) is 0. The van der Waals surface area contributed by atoms with Gasteiger partial charge < -0.3 is 9.80 Å². The van der Waals surface area contributed by atoms with Crippen molar-refractivity contribution in [2.24, 2.45) is 0 Å². The van der Waals surface area contributed by atoms with Crippen LogP contribution in [0.25, 0.3) is 11.1 Å². The van der Waals surface area contributed by atoms with E-state index in [0.29, 0.717) is 5.22 Å². The molecule has 4 rings (SSSR count). The maximum absolute atomic E-state index is 9.10. The van der Waals surface area contributed by atoms with Crippen molar-refractivity contribution in [2.75, 3.05) is 38.0 Å². The molecule has 4 aromatic carbocycles. The molecule has 0 spiro atoms. The second-order valence-electron chi connectivity index (χ2n) is 9.01. The molecular formula is C32H28N4. The first-order valence-electron chi connectivity index (χ1n) is 11.7. The molecule has 0 aromatic heterocycles. The van der Waals surface area contributed by atoms with E-state index in [0.717, 1.165) is 38.2 Å². The summed E-state index contributed by atoms with van der Waals surface area (Å²) in [4.78, 5) is 4.20. The normalized spacial score (nSPS) is 10.2. The SMILES string of the molecule is CN(C)c1ccc(C(c2ccc(N(C)C)cc2)=c2ccc(=c3ccc(=C(C#N)C#N)cc3)cc2)cc1. The van der Waals surface area contributed by atoms with Crippen LogP contribution >= 0.6 is 0 Å². The lowest BCUT2D eigenvalue weighted by atomic mass is 9.94. The molecule has 0 aliphatic heterocycles. The van der Waals surface area contributed by atoms with Gasteiger partial charge in [0.25, 0.3) is 0 Å². The van der Waals surface area contributed by atoms with Crippen molar-refractivity contribution in [2.45, 2.75) is 0 Å². The number of benzene rings is 4. The first kappa shape index (κ1) is 24.3.